The molecule has 0 heterocycles. The van der Waals surface area contributed by atoms with E-state index in [1.54, 1.807) is 0 Å². The summed E-state index contributed by atoms with van der Waals surface area (Å²) in [5, 5.41) is 10.5. The van der Waals surface area contributed by atoms with Gasteiger partial charge >= 0.3 is 0 Å². The summed E-state index contributed by atoms with van der Waals surface area (Å²) in [5.74, 6) is 0.110. The third-order valence-corrected chi connectivity index (χ3v) is 5.41. The lowest BCUT2D eigenvalue weighted by atomic mass is 9.70. The number of nitrogens with zero attached hydrogens (tertiary/aromatic N) is 1. The number of amides is 1. The average molecular weight is 307 g/mol. The molecular formula is C18H29NO3. The van der Waals surface area contributed by atoms with E-state index >= 15 is 0 Å². The largest absolute Gasteiger partial charge is 0.512 e. The topological polar surface area (TPSA) is 57.6 Å². The first-order valence-electron chi connectivity index (χ1n) is 8.43. The summed E-state index contributed by atoms with van der Waals surface area (Å²) in [5.41, 5.74) is -0.0515. The highest BCUT2D eigenvalue weighted by molar-refractivity contribution is 6.00. The fourth-order valence-corrected chi connectivity index (χ4v) is 3.93. The molecule has 1 unspecified atom stereocenters. The van der Waals surface area contributed by atoms with E-state index < -0.39 is 5.41 Å². The van der Waals surface area contributed by atoms with Crippen LogP contribution in [0.15, 0.2) is 11.3 Å². The van der Waals surface area contributed by atoms with Gasteiger partial charge < -0.3 is 10.0 Å². The van der Waals surface area contributed by atoms with Crippen LogP contribution in [0.4, 0.5) is 0 Å². The number of carbonyl (C=O) groups is 2. The molecule has 4 nitrogen and oxygen atoms in total. The van der Waals surface area contributed by atoms with Crippen LogP contribution in [0.1, 0.15) is 60.3 Å². The molecule has 0 aliphatic heterocycles. The molecule has 2 rings (SSSR count). The fraction of sp³-hybridized carbons (Fsp3) is 0.778. The molecule has 2 aliphatic rings. The number of ketones is 1. The van der Waals surface area contributed by atoms with Crippen molar-refractivity contribution in [3.05, 3.63) is 11.3 Å². The van der Waals surface area contributed by atoms with Gasteiger partial charge in [0, 0.05) is 42.8 Å². The minimum atomic E-state index is -0.419. The van der Waals surface area contributed by atoms with E-state index in [0.717, 1.165) is 12.8 Å². The highest BCUT2D eigenvalue weighted by atomic mass is 16.3. The van der Waals surface area contributed by atoms with E-state index in [0.29, 0.717) is 31.5 Å². The zero-order valence-electron chi connectivity index (χ0n) is 14.5. The van der Waals surface area contributed by atoms with Gasteiger partial charge in [0.15, 0.2) is 5.78 Å². The van der Waals surface area contributed by atoms with Gasteiger partial charge in [-0.1, -0.05) is 20.8 Å². The van der Waals surface area contributed by atoms with Crippen LogP contribution in [0.25, 0.3) is 0 Å². The van der Waals surface area contributed by atoms with E-state index in [4.69, 9.17) is 0 Å². The van der Waals surface area contributed by atoms with E-state index in [-0.39, 0.29) is 28.8 Å². The molecule has 4 heteroatoms. The van der Waals surface area contributed by atoms with Crippen LogP contribution in [0, 0.1) is 16.7 Å². The summed E-state index contributed by atoms with van der Waals surface area (Å²) in [6, 6.07) is 0. The Bertz CT molecular complexity index is 510. The van der Waals surface area contributed by atoms with E-state index in [1.807, 2.05) is 39.5 Å². The molecule has 1 fully saturated rings. The molecule has 0 bridgehead atoms. The standard InChI is InChI=1S/C18H29NO3/c1-6-19(7-2)16(22)12(3)18(8-9-18)15-13(20)10-17(4,5)11-14(15)21/h12,20H,6-11H2,1-5H3. The lowest BCUT2D eigenvalue weighted by molar-refractivity contribution is -0.136. The summed E-state index contributed by atoms with van der Waals surface area (Å²) in [4.78, 5) is 27.1. The van der Waals surface area contributed by atoms with Gasteiger partial charge in [0.25, 0.3) is 0 Å². The number of hydrogen-bond donors (Lipinski definition) is 1. The molecular weight excluding hydrogens is 278 g/mol. The van der Waals surface area contributed by atoms with Crippen LogP contribution in [0.5, 0.6) is 0 Å². The molecule has 0 aromatic carbocycles. The molecule has 0 aromatic rings. The van der Waals surface area contributed by atoms with Crippen molar-refractivity contribution in [2.24, 2.45) is 16.7 Å². The van der Waals surface area contributed by atoms with Gasteiger partial charge in [-0.05, 0) is 32.1 Å². The van der Waals surface area contributed by atoms with Crippen molar-refractivity contribution < 1.29 is 14.7 Å². The van der Waals surface area contributed by atoms with Gasteiger partial charge in [0.05, 0.1) is 0 Å². The maximum atomic E-state index is 12.7. The second-order valence-corrected chi connectivity index (χ2v) is 7.65. The van der Waals surface area contributed by atoms with Gasteiger partial charge in [-0.25, -0.2) is 0 Å². The van der Waals surface area contributed by atoms with Crippen LogP contribution < -0.4 is 0 Å². The van der Waals surface area contributed by atoms with Crippen LogP contribution >= 0.6 is 0 Å². The Morgan fingerprint density at radius 2 is 1.77 bits per heavy atom. The van der Waals surface area contributed by atoms with Crippen molar-refractivity contribution in [2.45, 2.75) is 60.3 Å². The van der Waals surface area contributed by atoms with Crippen LogP contribution in [-0.2, 0) is 9.59 Å². The first kappa shape index (κ1) is 17.0. The number of hydrogen-bond acceptors (Lipinski definition) is 3. The van der Waals surface area contributed by atoms with Gasteiger partial charge in [0.2, 0.25) is 5.91 Å². The number of allylic oxidation sites excluding steroid dienone is 2. The number of rotatable bonds is 5. The van der Waals surface area contributed by atoms with Crippen molar-refractivity contribution in [1.29, 1.82) is 0 Å². The molecule has 0 radical (unpaired) electrons. The highest BCUT2D eigenvalue weighted by Gasteiger charge is 2.57. The van der Waals surface area contributed by atoms with Crippen molar-refractivity contribution in [2.75, 3.05) is 13.1 Å². The van der Waals surface area contributed by atoms with Crippen molar-refractivity contribution in [3.8, 4) is 0 Å². The van der Waals surface area contributed by atoms with Gasteiger partial charge in [-0.15, -0.1) is 0 Å². The Labute approximate surface area is 133 Å². The maximum Gasteiger partial charge on any atom is 0.226 e. The Hall–Kier alpha value is -1.32. The lowest BCUT2D eigenvalue weighted by Crippen LogP contribution is -2.41. The van der Waals surface area contributed by atoms with Gasteiger partial charge in [0.1, 0.15) is 5.76 Å². The zero-order valence-corrected chi connectivity index (χ0v) is 14.5. The molecule has 2 aliphatic carbocycles. The zero-order chi connectivity index (χ0) is 16.7. The SMILES string of the molecule is CCN(CC)C(=O)C(C)C1(C2=C(O)CC(C)(C)CC2=O)CC1. The molecule has 0 saturated heterocycles. The maximum absolute atomic E-state index is 12.7. The Kier molecular flexibility index (Phi) is 4.42. The Morgan fingerprint density at radius 1 is 1.23 bits per heavy atom. The van der Waals surface area contributed by atoms with E-state index in [9.17, 15) is 14.7 Å². The molecule has 1 N–H and O–H groups in total. The minimum Gasteiger partial charge on any atom is -0.512 e. The highest BCUT2D eigenvalue weighted by Crippen LogP contribution is 2.61. The smallest absolute Gasteiger partial charge is 0.226 e. The summed E-state index contributed by atoms with van der Waals surface area (Å²) in [7, 11) is 0. The van der Waals surface area contributed by atoms with Crippen molar-refractivity contribution in [3.63, 3.8) is 0 Å². The third-order valence-electron chi connectivity index (χ3n) is 5.41. The lowest BCUT2D eigenvalue weighted by Gasteiger charge is -2.35. The molecule has 22 heavy (non-hydrogen) atoms. The van der Waals surface area contributed by atoms with Crippen LogP contribution in [0.2, 0.25) is 0 Å². The van der Waals surface area contributed by atoms with Gasteiger partial charge in [-0.3, -0.25) is 9.59 Å². The van der Waals surface area contributed by atoms with Crippen molar-refractivity contribution >= 4 is 11.7 Å². The number of carbonyl (C=O) groups excluding carboxylic acids is 2. The summed E-state index contributed by atoms with van der Waals surface area (Å²) in [6.07, 6.45) is 2.64. The third kappa shape index (κ3) is 2.80. The predicted molar refractivity (Wildman–Crippen MR) is 86.4 cm³/mol. The summed E-state index contributed by atoms with van der Waals surface area (Å²) < 4.78 is 0. The molecule has 1 amide bonds. The summed E-state index contributed by atoms with van der Waals surface area (Å²) in [6.45, 7) is 11.2. The van der Waals surface area contributed by atoms with Crippen molar-refractivity contribution in [1.82, 2.24) is 4.90 Å². The molecule has 0 aromatic heterocycles. The van der Waals surface area contributed by atoms with Crippen LogP contribution in [-0.4, -0.2) is 34.8 Å². The van der Waals surface area contributed by atoms with E-state index in [1.165, 1.54) is 0 Å². The van der Waals surface area contributed by atoms with E-state index in [2.05, 4.69) is 0 Å². The first-order chi connectivity index (χ1) is 10.2. The molecule has 1 saturated carbocycles. The first-order valence-corrected chi connectivity index (χ1v) is 8.43. The predicted octanol–water partition coefficient (Wildman–Crippen LogP) is 3.47. The normalized spacial score (nSPS) is 24.1. The molecule has 124 valence electrons. The Morgan fingerprint density at radius 3 is 2.18 bits per heavy atom. The second kappa shape index (κ2) is 5.71. The molecule has 1 atom stereocenters. The fourth-order valence-electron chi connectivity index (χ4n) is 3.93. The minimum absolute atomic E-state index is 0.0328. The number of aliphatic hydroxyl groups is 1. The average Bonchev–Trinajstić information content (AvgIpc) is 3.18. The molecule has 0 spiro atoms. The van der Waals surface area contributed by atoms with Crippen LogP contribution in [0.3, 0.4) is 0 Å². The Balaban J connectivity index is 2.31. The van der Waals surface area contributed by atoms with Gasteiger partial charge in [-0.2, -0.15) is 0 Å². The summed E-state index contributed by atoms with van der Waals surface area (Å²) >= 11 is 0. The monoisotopic (exact) mass is 307 g/mol. The quantitative estimate of drug-likeness (QED) is 0.846. The number of aliphatic hydroxyl groups excluding tert-OH is 1. The second-order valence-electron chi connectivity index (χ2n) is 7.65. The number of Topliss-reactive ketones (excluding diaryl/α,β-unsaturated/α-hetero) is 1.